The summed E-state index contributed by atoms with van der Waals surface area (Å²) in [6, 6.07) is 19.9. The van der Waals surface area contributed by atoms with E-state index in [0.29, 0.717) is 6.04 Å². The molecule has 0 bridgehead atoms. The van der Waals surface area contributed by atoms with Crippen LogP contribution in [-0.4, -0.2) is 28.8 Å². The summed E-state index contributed by atoms with van der Waals surface area (Å²) in [5.74, 6) is 3.98. The molecule has 0 unspecified atom stereocenters. The van der Waals surface area contributed by atoms with Gasteiger partial charge in [0.15, 0.2) is 5.82 Å². The minimum absolute atomic E-state index is 0.520. The second kappa shape index (κ2) is 8.92. The van der Waals surface area contributed by atoms with E-state index in [0.717, 1.165) is 61.7 Å². The van der Waals surface area contributed by atoms with Crippen LogP contribution in [0.15, 0.2) is 48.5 Å². The first-order valence-corrected chi connectivity index (χ1v) is 9.96. The van der Waals surface area contributed by atoms with Crippen molar-refractivity contribution in [3.63, 3.8) is 0 Å². The number of anilines is 1. The summed E-state index contributed by atoms with van der Waals surface area (Å²) in [6.07, 6.45) is 2.14. The molecule has 0 aliphatic carbocycles. The van der Waals surface area contributed by atoms with Gasteiger partial charge < -0.3 is 19.9 Å². The molecule has 0 amide bonds. The maximum Gasteiger partial charge on any atom is 0.188 e. The number of nitrogens with one attached hydrogen (secondary N) is 2. The third kappa shape index (κ3) is 4.19. The van der Waals surface area contributed by atoms with Crippen LogP contribution in [-0.2, 0) is 17.8 Å². The Morgan fingerprint density at radius 3 is 2.71 bits per heavy atom. The van der Waals surface area contributed by atoms with Crippen LogP contribution in [0.2, 0.25) is 0 Å². The van der Waals surface area contributed by atoms with Gasteiger partial charge in [-0.3, -0.25) is 0 Å². The fourth-order valence-electron chi connectivity index (χ4n) is 3.60. The molecule has 144 valence electrons. The maximum absolute atomic E-state index is 5.45. The average molecular weight is 374 g/mol. The fourth-order valence-corrected chi connectivity index (χ4v) is 3.60. The smallest absolute Gasteiger partial charge is 0.188 e. The zero-order valence-corrected chi connectivity index (χ0v) is 16.2. The van der Waals surface area contributed by atoms with Gasteiger partial charge in [-0.2, -0.15) is 0 Å². The molecule has 1 aromatic heterocycles. The summed E-state index contributed by atoms with van der Waals surface area (Å²) < 4.78 is 7.62. The number of para-hydroxylation sites is 2. The molecule has 4 rings (SSSR count). The first-order chi connectivity index (χ1) is 13.8. The van der Waals surface area contributed by atoms with E-state index in [1.807, 2.05) is 30.3 Å². The summed E-state index contributed by atoms with van der Waals surface area (Å²) in [7, 11) is 0. The van der Waals surface area contributed by atoms with Gasteiger partial charge in [-0.25, -0.2) is 4.98 Å². The lowest BCUT2D eigenvalue weighted by Crippen LogP contribution is -2.34. The molecule has 28 heavy (non-hydrogen) atoms. The number of fused-ring (bicyclic) bond motifs is 1. The second-order valence-corrected chi connectivity index (χ2v) is 6.97. The van der Waals surface area contributed by atoms with Crippen LogP contribution >= 0.6 is 0 Å². The SMILES string of the molecule is CCn1c(C#CNc2ccccc2)nc2c(CNC3CCOCC3)cccc21. The Morgan fingerprint density at radius 1 is 1.11 bits per heavy atom. The number of aryl methyl sites for hydroxylation is 1. The number of rotatable bonds is 5. The molecule has 2 aromatic carbocycles. The van der Waals surface area contributed by atoms with Gasteiger partial charge in [0.1, 0.15) is 0 Å². The van der Waals surface area contributed by atoms with Crippen molar-refractivity contribution in [2.24, 2.45) is 0 Å². The number of imidazole rings is 1. The monoisotopic (exact) mass is 374 g/mol. The lowest BCUT2D eigenvalue weighted by atomic mass is 10.1. The Kier molecular flexibility index (Phi) is 5.91. The van der Waals surface area contributed by atoms with Crippen molar-refractivity contribution < 1.29 is 4.74 Å². The van der Waals surface area contributed by atoms with Crippen molar-refractivity contribution in [3.8, 4) is 12.0 Å². The van der Waals surface area contributed by atoms with E-state index in [9.17, 15) is 0 Å². The predicted molar refractivity (Wildman–Crippen MR) is 113 cm³/mol. The van der Waals surface area contributed by atoms with E-state index < -0.39 is 0 Å². The topological polar surface area (TPSA) is 51.1 Å². The largest absolute Gasteiger partial charge is 0.381 e. The molecule has 5 nitrogen and oxygen atoms in total. The number of nitrogens with zero attached hydrogens (tertiary/aromatic N) is 2. The number of ether oxygens (including phenoxy) is 1. The van der Waals surface area contributed by atoms with Crippen molar-refractivity contribution in [2.45, 2.75) is 38.9 Å². The molecule has 1 fully saturated rings. The maximum atomic E-state index is 5.45. The summed E-state index contributed by atoms with van der Waals surface area (Å²) >= 11 is 0. The van der Waals surface area contributed by atoms with Gasteiger partial charge in [-0.1, -0.05) is 30.3 Å². The van der Waals surface area contributed by atoms with Crippen LogP contribution in [0.3, 0.4) is 0 Å². The highest BCUT2D eigenvalue weighted by molar-refractivity contribution is 5.80. The standard InChI is InChI=1S/C23H26N4O/c1-2-27-21-10-6-7-18(17-25-20-12-15-28-16-13-20)23(21)26-22(27)11-14-24-19-8-4-3-5-9-19/h3-10,20,24-25H,2,12-13,15-17H2,1H3. The van der Waals surface area contributed by atoms with Crippen molar-refractivity contribution in [1.29, 1.82) is 0 Å². The highest BCUT2D eigenvalue weighted by atomic mass is 16.5. The summed E-state index contributed by atoms with van der Waals surface area (Å²) in [5, 5.41) is 6.80. The fraction of sp³-hybridized carbons (Fsp3) is 0.348. The van der Waals surface area contributed by atoms with E-state index in [4.69, 9.17) is 9.72 Å². The molecule has 3 aromatic rings. The second-order valence-electron chi connectivity index (χ2n) is 6.97. The van der Waals surface area contributed by atoms with E-state index in [-0.39, 0.29) is 0 Å². The lowest BCUT2D eigenvalue weighted by Gasteiger charge is -2.23. The zero-order valence-electron chi connectivity index (χ0n) is 16.2. The third-order valence-electron chi connectivity index (χ3n) is 5.14. The molecule has 1 aliphatic rings. The minimum Gasteiger partial charge on any atom is -0.381 e. The van der Waals surface area contributed by atoms with Crippen LogP contribution in [0.5, 0.6) is 0 Å². The van der Waals surface area contributed by atoms with Gasteiger partial charge >= 0.3 is 0 Å². The van der Waals surface area contributed by atoms with Crippen LogP contribution in [0.4, 0.5) is 5.69 Å². The number of aromatic nitrogens is 2. The molecule has 5 heteroatoms. The first-order valence-electron chi connectivity index (χ1n) is 9.96. The van der Waals surface area contributed by atoms with E-state index in [1.165, 1.54) is 5.56 Å². The molecule has 1 saturated heterocycles. The van der Waals surface area contributed by atoms with E-state index in [1.54, 1.807) is 0 Å². The van der Waals surface area contributed by atoms with Crippen LogP contribution in [0.1, 0.15) is 31.2 Å². The minimum atomic E-state index is 0.520. The molecule has 0 saturated carbocycles. The first kappa shape index (κ1) is 18.5. The highest BCUT2D eigenvalue weighted by Crippen LogP contribution is 2.21. The summed E-state index contributed by atoms with van der Waals surface area (Å²) in [4.78, 5) is 4.86. The predicted octanol–water partition coefficient (Wildman–Crippen LogP) is 3.75. The van der Waals surface area contributed by atoms with Gasteiger partial charge in [0, 0.05) is 44.1 Å². The Morgan fingerprint density at radius 2 is 1.93 bits per heavy atom. The molecule has 0 atom stereocenters. The zero-order chi connectivity index (χ0) is 19.2. The van der Waals surface area contributed by atoms with E-state index in [2.05, 4.69) is 52.3 Å². The lowest BCUT2D eigenvalue weighted by molar-refractivity contribution is 0.0776. The molecule has 2 heterocycles. The van der Waals surface area contributed by atoms with E-state index >= 15 is 0 Å². The number of benzene rings is 2. The molecule has 0 radical (unpaired) electrons. The molecular weight excluding hydrogens is 348 g/mol. The Balaban J connectivity index is 1.56. The Bertz CT molecular complexity index is 978. The normalized spacial score (nSPS) is 14.6. The summed E-state index contributed by atoms with van der Waals surface area (Å²) in [5.41, 5.74) is 4.37. The Labute approximate surface area is 166 Å². The molecular formula is C23H26N4O. The van der Waals surface area contributed by atoms with Gasteiger partial charge in [-0.05, 0) is 49.4 Å². The van der Waals surface area contributed by atoms with Crippen LogP contribution in [0, 0.1) is 12.0 Å². The van der Waals surface area contributed by atoms with Gasteiger partial charge in [0.2, 0.25) is 0 Å². The molecule has 1 aliphatic heterocycles. The number of hydrogen-bond donors (Lipinski definition) is 2. The third-order valence-corrected chi connectivity index (χ3v) is 5.14. The summed E-state index contributed by atoms with van der Waals surface area (Å²) in [6.45, 7) is 5.48. The van der Waals surface area contributed by atoms with Crippen LogP contribution < -0.4 is 10.6 Å². The Hall–Kier alpha value is -2.81. The quantitative estimate of drug-likeness (QED) is 0.528. The molecule has 0 spiro atoms. The van der Waals surface area contributed by atoms with Crippen molar-refractivity contribution in [2.75, 3.05) is 18.5 Å². The van der Waals surface area contributed by atoms with Crippen molar-refractivity contribution in [1.82, 2.24) is 14.9 Å². The number of hydrogen-bond acceptors (Lipinski definition) is 4. The van der Waals surface area contributed by atoms with Crippen LogP contribution in [0.25, 0.3) is 11.0 Å². The van der Waals surface area contributed by atoms with Gasteiger partial charge in [0.05, 0.1) is 11.0 Å². The molecule has 2 N–H and O–H groups in total. The van der Waals surface area contributed by atoms with Crippen molar-refractivity contribution >= 4 is 16.7 Å². The average Bonchev–Trinajstić information content (AvgIpc) is 3.11. The van der Waals surface area contributed by atoms with Gasteiger partial charge in [0.25, 0.3) is 0 Å². The highest BCUT2D eigenvalue weighted by Gasteiger charge is 2.15. The van der Waals surface area contributed by atoms with Gasteiger partial charge in [-0.15, -0.1) is 0 Å². The van der Waals surface area contributed by atoms with Crippen molar-refractivity contribution in [3.05, 3.63) is 59.9 Å².